The van der Waals surface area contributed by atoms with Crippen LogP contribution in [0, 0.1) is 13.8 Å². The van der Waals surface area contributed by atoms with Gasteiger partial charge in [0, 0.05) is 0 Å². The van der Waals surface area contributed by atoms with Gasteiger partial charge in [-0.25, -0.2) is 8.42 Å². The highest BCUT2D eigenvalue weighted by Gasteiger charge is 2.19. The van der Waals surface area contributed by atoms with E-state index < -0.39 is 28.3 Å². The standard InChI is InChI=1S/C12H18O4S/c1-9-4-3-5-10(2)12(9)8-17(15,16)7-11(14)6-13/h3-5,11,13-14H,6-8H2,1-2H3/t11-/m1/s1. The Morgan fingerprint density at radius 2 is 1.76 bits per heavy atom. The van der Waals surface area contributed by atoms with Crippen molar-refractivity contribution < 1.29 is 18.6 Å². The van der Waals surface area contributed by atoms with Gasteiger partial charge in [-0.3, -0.25) is 0 Å². The second kappa shape index (κ2) is 5.62. The number of hydrogen-bond donors (Lipinski definition) is 2. The molecule has 17 heavy (non-hydrogen) atoms. The Bertz CT molecular complexity index is 459. The van der Waals surface area contributed by atoms with Gasteiger partial charge in [0.1, 0.15) is 0 Å². The summed E-state index contributed by atoms with van der Waals surface area (Å²) in [6.45, 7) is 3.19. The van der Waals surface area contributed by atoms with Crippen LogP contribution in [-0.2, 0) is 15.6 Å². The van der Waals surface area contributed by atoms with Crippen molar-refractivity contribution in [2.75, 3.05) is 12.4 Å². The van der Waals surface area contributed by atoms with E-state index in [1.54, 1.807) is 0 Å². The van der Waals surface area contributed by atoms with Crippen molar-refractivity contribution in [3.8, 4) is 0 Å². The third-order valence-corrected chi connectivity index (χ3v) is 4.29. The average molecular weight is 258 g/mol. The zero-order valence-corrected chi connectivity index (χ0v) is 10.9. The minimum Gasteiger partial charge on any atom is -0.394 e. The van der Waals surface area contributed by atoms with Crippen molar-refractivity contribution in [2.24, 2.45) is 0 Å². The Morgan fingerprint density at radius 3 is 2.24 bits per heavy atom. The number of sulfone groups is 1. The second-order valence-corrected chi connectivity index (χ2v) is 6.37. The molecule has 0 aliphatic rings. The molecule has 4 nitrogen and oxygen atoms in total. The lowest BCUT2D eigenvalue weighted by molar-refractivity contribution is 0.112. The van der Waals surface area contributed by atoms with Crippen molar-refractivity contribution in [2.45, 2.75) is 25.7 Å². The van der Waals surface area contributed by atoms with Gasteiger partial charge >= 0.3 is 0 Å². The molecule has 1 atom stereocenters. The maximum atomic E-state index is 11.8. The lowest BCUT2D eigenvalue weighted by Gasteiger charge is -2.12. The first-order valence-corrected chi connectivity index (χ1v) is 7.22. The molecule has 0 bridgehead atoms. The molecule has 1 aromatic carbocycles. The molecule has 0 saturated carbocycles. The van der Waals surface area contributed by atoms with Crippen LogP contribution in [-0.4, -0.2) is 37.1 Å². The minimum absolute atomic E-state index is 0.0947. The smallest absolute Gasteiger partial charge is 0.157 e. The summed E-state index contributed by atoms with van der Waals surface area (Å²) in [6.07, 6.45) is -1.20. The largest absolute Gasteiger partial charge is 0.394 e. The quantitative estimate of drug-likeness (QED) is 0.810. The summed E-state index contributed by atoms with van der Waals surface area (Å²) in [4.78, 5) is 0. The number of aliphatic hydroxyl groups is 2. The van der Waals surface area contributed by atoms with Crippen LogP contribution in [0.25, 0.3) is 0 Å². The van der Waals surface area contributed by atoms with Gasteiger partial charge in [0.25, 0.3) is 0 Å². The highest BCUT2D eigenvalue weighted by molar-refractivity contribution is 7.90. The van der Waals surface area contributed by atoms with E-state index in [4.69, 9.17) is 5.11 Å². The molecule has 1 aromatic rings. The van der Waals surface area contributed by atoms with E-state index in [2.05, 4.69) is 0 Å². The topological polar surface area (TPSA) is 74.6 Å². The molecule has 0 aliphatic heterocycles. The summed E-state index contributed by atoms with van der Waals surface area (Å²) in [5.74, 6) is -0.500. The minimum atomic E-state index is -3.40. The van der Waals surface area contributed by atoms with Gasteiger partial charge in [0.2, 0.25) is 0 Å². The van der Waals surface area contributed by atoms with Gasteiger partial charge in [-0.1, -0.05) is 18.2 Å². The zero-order valence-electron chi connectivity index (χ0n) is 10.0. The molecule has 0 fully saturated rings. The van der Waals surface area contributed by atoms with E-state index in [0.29, 0.717) is 0 Å². The Kier molecular flexibility index (Phi) is 4.68. The van der Waals surface area contributed by atoms with Crippen LogP contribution in [0.1, 0.15) is 16.7 Å². The summed E-state index contributed by atoms with van der Waals surface area (Å²) < 4.78 is 23.6. The van der Waals surface area contributed by atoms with Crippen molar-refractivity contribution in [1.29, 1.82) is 0 Å². The average Bonchev–Trinajstić information content (AvgIpc) is 2.23. The SMILES string of the molecule is Cc1cccc(C)c1CS(=O)(=O)C[C@H](O)CO. The highest BCUT2D eigenvalue weighted by atomic mass is 32.2. The second-order valence-electron chi connectivity index (χ2n) is 4.26. The van der Waals surface area contributed by atoms with E-state index in [-0.39, 0.29) is 5.75 Å². The lowest BCUT2D eigenvalue weighted by Crippen LogP contribution is -2.25. The predicted octanol–water partition coefficient (Wildman–Crippen LogP) is 0.571. The lowest BCUT2D eigenvalue weighted by atomic mass is 10.1. The fourth-order valence-electron chi connectivity index (χ4n) is 1.70. The van der Waals surface area contributed by atoms with Gasteiger partial charge in [-0.05, 0) is 30.5 Å². The molecule has 1 rings (SSSR count). The number of hydrogen-bond acceptors (Lipinski definition) is 4. The number of aliphatic hydroxyl groups excluding tert-OH is 2. The summed E-state index contributed by atoms with van der Waals surface area (Å²) >= 11 is 0. The van der Waals surface area contributed by atoms with Crippen LogP contribution in [0.4, 0.5) is 0 Å². The van der Waals surface area contributed by atoms with E-state index in [1.807, 2.05) is 32.0 Å². The monoisotopic (exact) mass is 258 g/mol. The fourth-order valence-corrected chi connectivity index (χ4v) is 3.41. The van der Waals surface area contributed by atoms with Crippen LogP contribution in [0.15, 0.2) is 18.2 Å². The molecule has 5 heteroatoms. The number of rotatable bonds is 5. The van der Waals surface area contributed by atoms with Gasteiger partial charge in [0.15, 0.2) is 9.84 Å². The van der Waals surface area contributed by atoms with Gasteiger partial charge in [-0.2, -0.15) is 0 Å². The molecule has 2 N–H and O–H groups in total. The molecular formula is C12H18O4S. The highest BCUT2D eigenvalue weighted by Crippen LogP contribution is 2.17. The molecule has 0 aromatic heterocycles. The molecule has 0 amide bonds. The maximum absolute atomic E-state index is 11.8. The number of benzene rings is 1. The van der Waals surface area contributed by atoms with Crippen molar-refractivity contribution in [3.05, 3.63) is 34.9 Å². The molecule has 0 unspecified atom stereocenters. The fraction of sp³-hybridized carbons (Fsp3) is 0.500. The Labute approximate surface area is 102 Å². The maximum Gasteiger partial charge on any atom is 0.157 e. The van der Waals surface area contributed by atoms with Crippen LogP contribution in [0.2, 0.25) is 0 Å². The summed E-state index contributed by atoms with van der Waals surface area (Å²) in [6, 6.07) is 5.60. The van der Waals surface area contributed by atoms with Crippen LogP contribution >= 0.6 is 0 Å². The van der Waals surface area contributed by atoms with E-state index in [9.17, 15) is 13.5 Å². The molecule has 0 radical (unpaired) electrons. The van der Waals surface area contributed by atoms with E-state index in [0.717, 1.165) is 16.7 Å². The molecule has 0 aliphatic carbocycles. The molecule has 0 saturated heterocycles. The summed E-state index contributed by atoms with van der Waals surface area (Å²) in [5, 5.41) is 17.8. The first kappa shape index (κ1) is 14.2. The first-order chi connectivity index (χ1) is 7.85. The molecule has 96 valence electrons. The number of aryl methyl sites for hydroxylation is 2. The Hall–Kier alpha value is -0.910. The predicted molar refractivity (Wildman–Crippen MR) is 66.5 cm³/mol. The third kappa shape index (κ3) is 4.11. The van der Waals surface area contributed by atoms with E-state index in [1.165, 1.54) is 0 Å². The van der Waals surface area contributed by atoms with Crippen molar-refractivity contribution >= 4 is 9.84 Å². The molecule has 0 heterocycles. The van der Waals surface area contributed by atoms with Crippen LogP contribution in [0.5, 0.6) is 0 Å². The van der Waals surface area contributed by atoms with Gasteiger partial charge < -0.3 is 10.2 Å². The summed E-state index contributed by atoms with van der Waals surface area (Å²) in [5.41, 5.74) is 2.62. The molecule has 0 spiro atoms. The van der Waals surface area contributed by atoms with Gasteiger partial charge in [0.05, 0.1) is 24.2 Å². The first-order valence-electron chi connectivity index (χ1n) is 5.40. The molecular weight excluding hydrogens is 240 g/mol. The van der Waals surface area contributed by atoms with Crippen molar-refractivity contribution in [1.82, 2.24) is 0 Å². The van der Waals surface area contributed by atoms with Crippen LogP contribution in [0.3, 0.4) is 0 Å². The summed E-state index contributed by atoms with van der Waals surface area (Å²) in [7, 11) is -3.40. The van der Waals surface area contributed by atoms with Gasteiger partial charge in [-0.15, -0.1) is 0 Å². The third-order valence-electron chi connectivity index (χ3n) is 2.67. The Morgan fingerprint density at radius 1 is 1.24 bits per heavy atom. The zero-order chi connectivity index (χ0) is 13.1. The van der Waals surface area contributed by atoms with E-state index >= 15 is 0 Å². The van der Waals surface area contributed by atoms with Crippen molar-refractivity contribution in [3.63, 3.8) is 0 Å². The normalized spacial score (nSPS) is 13.6. The van der Waals surface area contributed by atoms with Crippen LogP contribution < -0.4 is 0 Å². The Balaban J connectivity index is 2.91.